The molecular weight excluding hydrogens is 328 g/mol. The Labute approximate surface area is 158 Å². The highest BCUT2D eigenvalue weighted by atomic mass is 16.5. The first kappa shape index (κ1) is 19.4. The average Bonchev–Trinajstić information content (AvgIpc) is 2.91. The number of aliphatic carboxylic acids is 1. The Morgan fingerprint density at radius 1 is 1.27 bits per heavy atom. The number of hydrogen-bond donors (Lipinski definition) is 1. The second-order valence-electron chi connectivity index (χ2n) is 9.32. The van der Waals surface area contributed by atoms with Crippen LogP contribution in [-0.2, 0) is 14.3 Å². The standard InChI is InChI=1S/C20H30O2.C2H4O2.H2/c1-4-13-5-7-15-14-6-8-17-20(3,12-10-18(21)22-17)16(14)9-11-19(13,15)2;1-2(3)4;/h8,13-16H,4-7,9-12H2,1-3H3;1H3,(H,3,4);1H/t13-,14-,15?,16+,19+,20-;;/m0../s1. The fraction of sp³-hybridized carbons (Fsp3) is 0.818. The highest BCUT2D eigenvalue weighted by Crippen LogP contribution is 2.66. The molecule has 0 spiro atoms. The number of esters is 1. The van der Waals surface area contributed by atoms with Gasteiger partial charge in [0.05, 0.1) is 0 Å². The fourth-order valence-electron chi connectivity index (χ4n) is 6.85. The van der Waals surface area contributed by atoms with Crippen LogP contribution in [0.1, 0.15) is 80.5 Å². The number of ether oxygens (including phenoxy) is 1. The van der Waals surface area contributed by atoms with E-state index in [2.05, 4.69) is 26.8 Å². The lowest BCUT2D eigenvalue weighted by Crippen LogP contribution is -2.50. The molecule has 0 amide bonds. The van der Waals surface area contributed by atoms with Crippen LogP contribution in [0.3, 0.4) is 0 Å². The Morgan fingerprint density at radius 2 is 1.96 bits per heavy atom. The predicted molar refractivity (Wildman–Crippen MR) is 102 cm³/mol. The van der Waals surface area contributed by atoms with E-state index >= 15 is 0 Å². The van der Waals surface area contributed by atoms with Crippen LogP contribution < -0.4 is 0 Å². The van der Waals surface area contributed by atoms with Crippen LogP contribution >= 0.6 is 0 Å². The molecule has 0 aromatic heterocycles. The third-order valence-electron chi connectivity index (χ3n) is 8.16. The van der Waals surface area contributed by atoms with Gasteiger partial charge in [0.15, 0.2) is 0 Å². The molecule has 4 aliphatic rings. The van der Waals surface area contributed by atoms with Gasteiger partial charge in [0.1, 0.15) is 5.76 Å². The molecule has 0 aromatic rings. The molecule has 0 aromatic carbocycles. The summed E-state index contributed by atoms with van der Waals surface area (Å²) in [7, 11) is 0. The third kappa shape index (κ3) is 3.10. The minimum Gasteiger partial charge on any atom is -0.481 e. The Hall–Kier alpha value is -1.32. The minimum absolute atomic E-state index is 0. The number of carboxylic acids is 1. The molecule has 3 aliphatic carbocycles. The lowest BCUT2D eigenvalue weighted by Gasteiger charge is -2.56. The molecular formula is C22H36O4. The zero-order valence-corrected chi connectivity index (χ0v) is 16.7. The molecule has 148 valence electrons. The first-order valence-corrected chi connectivity index (χ1v) is 10.3. The number of carbonyl (C=O) groups is 2. The minimum atomic E-state index is -0.833. The zero-order valence-electron chi connectivity index (χ0n) is 16.7. The molecule has 6 atom stereocenters. The SMILES string of the molecule is CC(=O)O.CC[C@H]1CCC2[C@@H]3CC=C4OC(=O)CC[C@@]4(C)[C@@H]3CC[C@@]21C.[HH]. The second kappa shape index (κ2) is 7.01. The van der Waals surface area contributed by atoms with Crippen LogP contribution in [-0.4, -0.2) is 17.0 Å². The normalized spacial score (nSPS) is 43.7. The maximum Gasteiger partial charge on any atom is 0.310 e. The van der Waals surface area contributed by atoms with E-state index in [0.717, 1.165) is 49.2 Å². The van der Waals surface area contributed by atoms with Gasteiger partial charge >= 0.3 is 5.97 Å². The van der Waals surface area contributed by atoms with E-state index in [1.165, 1.54) is 32.1 Å². The molecule has 1 N–H and O–H groups in total. The van der Waals surface area contributed by atoms with E-state index in [1.54, 1.807) is 0 Å². The van der Waals surface area contributed by atoms with Crippen molar-refractivity contribution < 1.29 is 20.9 Å². The van der Waals surface area contributed by atoms with Crippen molar-refractivity contribution in [2.45, 2.75) is 79.1 Å². The Balaban J connectivity index is 0.000000479. The van der Waals surface area contributed by atoms with E-state index in [4.69, 9.17) is 14.6 Å². The molecule has 1 unspecified atom stereocenters. The molecule has 1 saturated heterocycles. The summed E-state index contributed by atoms with van der Waals surface area (Å²) in [5.74, 6) is 3.53. The summed E-state index contributed by atoms with van der Waals surface area (Å²) >= 11 is 0. The quantitative estimate of drug-likeness (QED) is 0.631. The Bertz CT molecular complexity index is 611. The van der Waals surface area contributed by atoms with Crippen LogP contribution in [0.25, 0.3) is 0 Å². The molecule has 1 heterocycles. The van der Waals surface area contributed by atoms with Crippen molar-refractivity contribution in [1.29, 1.82) is 0 Å². The Morgan fingerprint density at radius 3 is 2.62 bits per heavy atom. The number of hydrogen-bond acceptors (Lipinski definition) is 3. The van der Waals surface area contributed by atoms with Gasteiger partial charge in [-0.25, -0.2) is 0 Å². The first-order chi connectivity index (χ1) is 12.2. The van der Waals surface area contributed by atoms with Gasteiger partial charge in [-0.1, -0.05) is 27.2 Å². The summed E-state index contributed by atoms with van der Waals surface area (Å²) in [6.45, 7) is 8.42. The van der Waals surface area contributed by atoms with Crippen molar-refractivity contribution in [3.8, 4) is 0 Å². The van der Waals surface area contributed by atoms with Crippen molar-refractivity contribution in [1.82, 2.24) is 0 Å². The number of carboxylic acid groups (broad SMARTS) is 1. The van der Waals surface area contributed by atoms with Crippen LogP contribution in [0.4, 0.5) is 0 Å². The van der Waals surface area contributed by atoms with E-state index in [-0.39, 0.29) is 12.8 Å². The monoisotopic (exact) mass is 364 g/mol. The largest absolute Gasteiger partial charge is 0.481 e. The third-order valence-corrected chi connectivity index (χ3v) is 8.16. The maximum absolute atomic E-state index is 11.7. The van der Waals surface area contributed by atoms with Gasteiger partial charge in [-0.15, -0.1) is 0 Å². The number of carbonyl (C=O) groups excluding carboxylic acids is 1. The summed E-state index contributed by atoms with van der Waals surface area (Å²) in [5, 5.41) is 7.42. The molecule has 4 nitrogen and oxygen atoms in total. The van der Waals surface area contributed by atoms with Crippen LogP contribution in [0.5, 0.6) is 0 Å². The highest BCUT2D eigenvalue weighted by Gasteiger charge is 2.58. The molecule has 26 heavy (non-hydrogen) atoms. The van der Waals surface area contributed by atoms with Crippen molar-refractivity contribution in [3.05, 3.63) is 11.8 Å². The lowest BCUT2D eigenvalue weighted by molar-refractivity contribution is -0.152. The van der Waals surface area contributed by atoms with Gasteiger partial charge in [-0.3, -0.25) is 9.59 Å². The highest BCUT2D eigenvalue weighted by molar-refractivity contribution is 5.72. The average molecular weight is 365 g/mol. The van der Waals surface area contributed by atoms with Crippen molar-refractivity contribution in [2.24, 2.45) is 34.5 Å². The number of fused-ring (bicyclic) bond motifs is 5. The van der Waals surface area contributed by atoms with E-state index < -0.39 is 5.97 Å². The van der Waals surface area contributed by atoms with Gasteiger partial charge < -0.3 is 9.84 Å². The lowest BCUT2D eigenvalue weighted by atomic mass is 9.49. The van der Waals surface area contributed by atoms with Crippen molar-refractivity contribution in [3.63, 3.8) is 0 Å². The molecule has 2 saturated carbocycles. The number of rotatable bonds is 1. The van der Waals surface area contributed by atoms with Gasteiger partial charge in [0, 0.05) is 20.2 Å². The summed E-state index contributed by atoms with van der Waals surface area (Å²) in [5.41, 5.74) is 0.700. The summed E-state index contributed by atoms with van der Waals surface area (Å²) < 4.78 is 5.64. The molecule has 0 bridgehead atoms. The molecule has 0 radical (unpaired) electrons. The van der Waals surface area contributed by atoms with Gasteiger partial charge in [0.25, 0.3) is 5.97 Å². The molecule has 4 heteroatoms. The van der Waals surface area contributed by atoms with Crippen molar-refractivity contribution >= 4 is 11.9 Å². The first-order valence-electron chi connectivity index (χ1n) is 10.3. The van der Waals surface area contributed by atoms with Gasteiger partial charge in [0.2, 0.25) is 0 Å². The fourth-order valence-corrected chi connectivity index (χ4v) is 6.85. The van der Waals surface area contributed by atoms with Crippen LogP contribution in [0, 0.1) is 34.5 Å². The molecule has 3 fully saturated rings. The van der Waals surface area contributed by atoms with Crippen LogP contribution in [0.15, 0.2) is 11.8 Å². The van der Waals surface area contributed by atoms with Crippen LogP contribution in [0.2, 0.25) is 0 Å². The summed E-state index contributed by atoms with van der Waals surface area (Å²) in [4.78, 5) is 20.7. The predicted octanol–water partition coefficient (Wildman–Crippen LogP) is 5.42. The van der Waals surface area contributed by atoms with E-state index in [1.807, 2.05) is 0 Å². The van der Waals surface area contributed by atoms with E-state index in [0.29, 0.717) is 11.8 Å². The maximum atomic E-state index is 11.7. The topological polar surface area (TPSA) is 63.6 Å². The smallest absolute Gasteiger partial charge is 0.310 e. The van der Waals surface area contributed by atoms with Crippen molar-refractivity contribution in [2.75, 3.05) is 0 Å². The molecule has 1 aliphatic heterocycles. The van der Waals surface area contributed by atoms with E-state index in [9.17, 15) is 4.79 Å². The number of allylic oxidation sites excluding steroid dienone is 2. The van der Waals surface area contributed by atoms with Gasteiger partial charge in [-0.2, -0.15) is 0 Å². The molecule has 4 rings (SSSR count). The summed E-state index contributed by atoms with van der Waals surface area (Å²) in [6.07, 6.45) is 11.9. The Kier molecular flexibility index (Phi) is 5.24. The zero-order chi connectivity index (χ0) is 19.1. The summed E-state index contributed by atoms with van der Waals surface area (Å²) in [6, 6.07) is 0. The second-order valence-corrected chi connectivity index (χ2v) is 9.32. The van der Waals surface area contributed by atoms with Gasteiger partial charge in [-0.05, 0) is 73.7 Å².